The summed E-state index contributed by atoms with van der Waals surface area (Å²) in [5.74, 6) is 1.36. The van der Waals surface area contributed by atoms with Crippen LogP contribution in [0.15, 0.2) is 12.3 Å². The molecule has 1 rings (SSSR count). The number of carbonyl (C=O) groups is 1. The number of carbonyl (C=O) groups excluding carboxylic acids is 1. The van der Waals surface area contributed by atoms with E-state index < -0.39 is 0 Å². The number of allylic oxidation sites excluding steroid dienone is 1. The minimum Gasteiger partial charge on any atom is -0.382 e. The molecule has 0 aromatic carbocycles. The monoisotopic (exact) mass is 282 g/mol. The molecule has 0 bridgehead atoms. The molecule has 1 amide bonds. The van der Waals surface area contributed by atoms with Gasteiger partial charge in [-0.2, -0.15) is 0 Å². The number of amides is 1. The zero-order valence-electron chi connectivity index (χ0n) is 11.3. The Labute approximate surface area is 118 Å². The lowest BCUT2D eigenvalue weighted by atomic mass is 9.98. The standard InChI is InChI=1S/C13H22N4OS/c1-2-19-13(15)11-4-8-17(9-5-11)12(18)10-16-7-3-6-14/h3,6-7,11,14-16H,2,4-5,8-10H2,1H3/b7-3-,14-6?,15-13?. The lowest BCUT2D eigenvalue weighted by Gasteiger charge is -2.32. The Hall–Kier alpha value is -1.30. The maximum absolute atomic E-state index is 11.9. The van der Waals surface area contributed by atoms with Crippen LogP contribution in [0.3, 0.4) is 0 Å². The molecule has 1 saturated heterocycles. The molecule has 0 aromatic rings. The van der Waals surface area contributed by atoms with E-state index in [-0.39, 0.29) is 12.5 Å². The van der Waals surface area contributed by atoms with Crippen molar-refractivity contribution in [3.8, 4) is 0 Å². The second-order valence-electron chi connectivity index (χ2n) is 4.36. The second kappa shape index (κ2) is 8.74. The van der Waals surface area contributed by atoms with Crippen LogP contribution in [0.2, 0.25) is 0 Å². The first-order valence-electron chi connectivity index (χ1n) is 6.57. The highest BCUT2D eigenvalue weighted by molar-refractivity contribution is 8.13. The van der Waals surface area contributed by atoms with E-state index in [1.165, 1.54) is 6.21 Å². The lowest BCUT2D eigenvalue weighted by molar-refractivity contribution is -0.131. The first-order chi connectivity index (χ1) is 9.19. The SMILES string of the molecule is CCSC(=N)C1CCN(C(=O)CN/C=C\C=N)CC1. The zero-order valence-corrected chi connectivity index (χ0v) is 12.1. The number of nitrogens with one attached hydrogen (secondary N) is 3. The lowest BCUT2D eigenvalue weighted by Crippen LogP contribution is -2.43. The van der Waals surface area contributed by atoms with Crippen molar-refractivity contribution in [2.24, 2.45) is 5.92 Å². The molecule has 1 fully saturated rings. The summed E-state index contributed by atoms with van der Waals surface area (Å²) >= 11 is 1.60. The van der Waals surface area contributed by atoms with E-state index in [0.717, 1.165) is 36.7 Å². The number of thioether (sulfide) groups is 1. The predicted molar refractivity (Wildman–Crippen MR) is 81.1 cm³/mol. The van der Waals surface area contributed by atoms with Gasteiger partial charge in [-0.3, -0.25) is 10.2 Å². The molecule has 0 radical (unpaired) electrons. The quantitative estimate of drug-likeness (QED) is 0.512. The molecule has 5 nitrogen and oxygen atoms in total. The van der Waals surface area contributed by atoms with Crippen molar-refractivity contribution in [1.29, 1.82) is 10.8 Å². The van der Waals surface area contributed by atoms with Gasteiger partial charge in [0.05, 0.1) is 11.6 Å². The summed E-state index contributed by atoms with van der Waals surface area (Å²) < 4.78 is 0. The number of piperidine rings is 1. The average molecular weight is 282 g/mol. The molecular formula is C13H22N4OS. The van der Waals surface area contributed by atoms with Crippen LogP contribution in [0.5, 0.6) is 0 Å². The molecule has 6 heteroatoms. The molecule has 0 atom stereocenters. The fourth-order valence-electron chi connectivity index (χ4n) is 2.04. The molecule has 1 aliphatic rings. The van der Waals surface area contributed by atoms with Gasteiger partial charge in [-0.15, -0.1) is 11.8 Å². The minimum atomic E-state index is 0.0859. The molecule has 0 spiro atoms. The number of hydrogen-bond donors (Lipinski definition) is 3. The van der Waals surface area contributed by atoms with Gasteiger partial charge in [0.2, 0.25) is 5.91 Å². The van der Waals surface area contributed by atoms with Gasteiger partial charge in [0.1, 0.15) is 0 Å². The van der Waals surface area contributed by atoms with Gasteiger partial charge in [0, 0.05) is 25.2 Å². The largest absolute Gasteiger partial charge is 0.382 e. The molecule has 0 aromatic heterocycles. The molecule has 0 saturated carbocycles. The summed E-state index contributed by atoms with van der Waals surface area (Å²) in [6, 6.07) is 0. The Morgan fingerprint density at radius 2 is 2.16 bits per heavy atom. The van der Waals surface area contributed by atoms with Crippen molar-refractivity contribution in [2.45, 2.75) is 19.8 Å². The van der Waals surface area contributed by atoms with E-state index in [2.05, 4.69) is 12.2 Å². The van der Waals surface area contributed by atoms with Crippen LogP contribution in [0.1, 0.15) is 19.8 Å². The van der Waals surface area contributed by atoms with Crippen molar-refractivity contribution >= 4 is 28.9 Å². The zero-order chi connectivity index (χ0) is 14.1. The van der Waals surface area contributed by atoms with E-state index in [4.69, 9.17) is 10.8 Å². The highest BCUT2D eigenvalue weighted by Gasteiger charge is 2.24. The van der Waals surface area contributed by atoms with Crippen LogP contribution in [0.4, 0.5) is 0 Å². The van der Waals surface area contributed by atoms with E-state index in [1.54, 1.807) is 24.0 Å². The van der Waals surface area contributed by atoms with Crippen LogP contribution < -0.4 is 5.32 Å². The normalized spacial score (nSPS) is 16.6. The second-order valence-corrected chi connectivity index (χ2v) is 5.66. The summed E-state index contributed by atoms with van der Waals surface area (Å²) in [5.41, 5.74) is 0. The van der Waals surface area contributed by atoms with E-state index >= 15 is 0 Å². The van der Waals surface area contributed by atoms with Gasteiger partial charge in [-0.05, 0) is 30.9 Å². The molecule has 1 aliphatic heterocycles. The predicted octanol–water partition coefficient (Wildman–Crippen LogP) is 1.71. The third kappa shape index (κ3) is 5.46. The van der Waals surface area contributed by atoms with Crippen molar-refractivity contribution in [2.75, 3.05) is 25.4 Å². The van der Waals surface area contributed by atoms with Gasteiger partial charge < -0.3 is 15.6 Å². The van der Waals surface area contributed by atoms with Crippen molar-refractivity contribution in [3.05, 3.63) is 12.3 Å². The summed E-state index contributed by atoms with van der Waals surface area (Å²) in [6.07, 6.45) is 6.11. The van der Waals surface area contributed by atoms with E-state index in [1.807, 2.05) is 4.90 Å². The van der Waals surface area contributed by atoms with Crippen molar-refractivity contribution < 1.29 is 4.79 Å². The van der Waals surface area contributed by atoms with Crippen molar-refractivity contribution in [1.82, 2.24) is 10.2 Å². The van der Waals surface area contributed by atoms with Crippen LogP contribution in [-0.4, -0.2) is 47.5 Å². The Balaban J connectivity index is 2.28. The molecule has 0 unspecified atom stereocenters. The van der Waals surface area contributed by atoms with Gasteiger partial charge >= 0.3 is 0 Å². The number of hydrogen-bond acceptors (Lipinski definition) is 5. The maximum atomic E-state index is 11.9. The average Bonchev–Trinajstić information content (AvgIpc) is 2.44. The first-order valence-corrected chi connectivity index (χ1v) is 7.55. The van der Waals surface area contributed by atoms with Gasteiger partial charge in [0.15, 0.2) is 0 Å². The summed E-state index contributed by atoms with van der Waals surface area (Å²) in [6.45, 7) is 3.82. The van der Waals surface area contributed by atoms with Gasteiger partial charge in [-0.1, -0.05) is 6.92 Å². The van der Waals surface area contributed by atoms with E-state index in [0.29, 0.717) is 5.92 Å². The summed E-state index contributed by atoms with van der Waals surface area (Å²) in [5, 5.41) is 18.4. The third-order valence-corrected chi connectivity index (χ3v) is 4.01. The number of nitrogens with zero attached hydrogens (tertiary/aromatic N) is 1. The first kappa shape index (κ1) is 15.8. The molecular weight excluding hydrogens is 260 g/mol. The van der Waals surface area contributed by atoms with Crippen LogP contribution in [-0.2, 0) is 4.79 Å². The smallest absolute Gasteiger partial charge is 0.241 e. The van der Waals surface area contributed by atoms with Gasteiger partial charge in [-0.25, -0.2) is 0 Å². The Morgan fingerprint density at radius 1 is 1.47 bits per heavy atom. The van der Waals surface area contributed by atoms with Crippen LogP contribution >= 0.6 is 11.8 Å². The fraction of sp³-hybridized carbons (Fsp3) is 0.615. The third-order valence-electron chi connectivity index (χ3n) is 3.08. The van der Waals surface area contributed by atoms with Crippen molar-refractivity contribution in [3.63, 3.8) is 0 Å². The van der Waals surface area contributed by atoms with Crippen LogP contribution in [0.25, 0.3) is 0 Å². The highest BCUT2D eigenvalue weighted by atomic mass is 32.2. The molecule has 0 aliphatic carbocycles. The summed E-state index contributed by atoms with van der Waals surface area (Å²) in [7, 11) is 0. The minimum absolute atomic E-state index is 0.0859. The number of likely N-dealkylation sites (tertiary alicyclic amines) is 1. The van der Waals surface area contributed by atoms with Crippen LogP contribution in [0, 0.1) is 16.7 Å². The maximum Gasteiger partial charge on any atom is 0.241 e. The molecule has 3 N–H and O–H groups in total. The number of rotatable bonds is 6. The fourth-order valence-corrected chi connectivity index (χ4v) is 2.82. The molecule has 19 heavy (non-hydrogen) atoms. The molecule has 1 heterocycles. The Morgan fingerprint density at radius 3 is 2.74 bits per heavy atom. The molecule has 106 valence electrons. The van der Waals surface area contributed by atoms with E-state index in [9.17, 15) is 4.79 Å². The summed E-state index contributed by atoms with van der Waals surface area (Å²) in [4.78, 5) is 13.7. The highest BCUT2D eigenvalue weighted by Crippen LogP contribution is 2.23. The topological polar surface area (TPSA) is 80.0 Å². The van der Waals surface area contributed by atoms with Gasteiger partial charge in [0.25, 0.3) is 0 Å². The Kier molecular flexibility index (Phi) is 7.25. The Bertz CT molecular complexity index is 349.